The van der Waals surface area contributed by atoms with Crippen LogP contribution in [0.15, 0.2) is 48.1 Å². The first-order chi connectivity index (χ1) is 9.34. The predicted octanol–water partition coefficient (Wildman–Crippen LogP) is 7.75. The minimum Gasteiger partial charge on any atom is -0.0961 e. The van der Waals surface area contributed by atoms with Crippen molar-refractivity contribution < 1.29 is 0 Å². The molecule has 0 spiro atoms. The van der Waals surface area contributed by atoms with E-state index in [0.29, 0.717) is 5.92 Å². The lowest BCUT2D eigenvalue weighted by atomic mass is 10.1. The van der Waals surface area contributed by atoms with Gasteiger partial charge in [-0.15, -0.1) is 0 Å². The van der Waals surface area contributed by atoms with Gasteiger partial charge >= 0.3 is 0 Å². The summed E-state index contributed by atoms with van der Waals surface area (Å²) in [5, 5.41) is 0. The molecule has 20 heavy (non-hydrogen) atoms. The molecule has 0 saturated carbocycles. The van der Waals surface area contributed by atoms with Gasteiger partial charge < -0.3 is 0 Å². The van der Waals surface area contributed by atoms with E-state index in [9.17, 15) is 0 Å². The lowest BCUT2D eigenvalue weighted by molar-refractivity contribution is 0.795. The summed E-state index contributed by atoms with van der Waals surface area (Å²) >= 11 is 0. The van der Waals surface area contributed by atoms with Crippen molar-refractivity contribution in [2.75, 3.05) is 0 Å². The summed E-state index contributed by atoms with van der Waals surface area (Å²) in [5.41, 5.74) is 3.74. The summed E-state index contributed by atoms with van der Waals surface area (Å²) in [7, 11) is 0. The lowest BCUT2D eigenvalue weighted by Crippen LogP contribution is -1.86. The minimum atomic E-state index is 0.589. The Morgan fingerprint density at radius 2 is 1.40 bits per heavy atom. The molecule has 0 aromatic rings. The van der Waals surface area contributed by atoms with Gasteiger partial charge in [0.25, 0.3) is 0 Å². The van der Waals surface area contributed by atoms with Gasteiger partial charge in [0.2, 0.25) is 0 Å². The molecular weight excluding hydrogens is 240 g/mol. The third-order valence-corrected chi connectivity index (χ3v) is 2.17. The summed E-state index contributed by atoms with van der Waals surface area (Å²) in [5.74, 6) is 0.589. The van der Waals surface area contributed by atoms with Gasteiger partial charge in [0, 0.05) is 0 Å². The second kappa shape index (κ2) is 23.1. The van der Waals surface area contributed by atoms with Crippen LogP contribution >= 0.6 is 0 Å². The third-order valence-electron chi connectivity index (χ3n) is 2.17. The van der Waals surface area contributed by atoms with Crippen molar-refractivity contribution in [2.45, 2.75) is 75.7 Å². The van der Waals surface area contributed by atoms with Crippen molar-refractivity contribution in [3.8, 4) is 0 Å². The van der Waals surface area contributed by atoms with E-state index in [1.807, 2.05) is 53.7 Å². The zero-order valence-corrected chi connectivity index (χ0v) is 15.9. The van der Waals surface area contributed by atoms with Crippen LogP contribution in [0.1, 0.15) is 75.7 Å². The molecule has 0 aliphatic heterocycles. The van der Waals surface area contributed by atoms with Gasteiger partial charge in [-0.1, -0.05) is 96.6 Å². The van der Waals surface area contributed by atoms with Gasteiger partial charge in [-0.25, -0.2) is 0 Å². The van der Waals surface area contributed by atoms with E-state index in [0.717, 1.165) is 12.0 Å². The summed E-state index contributed by atoms with van der Waals surface area (Å²) in [6.07, 6.45) is 7.31. The van der Waals surface area contributed by atoms with Crippen LogP contribution in [0.25, 0.3) is 0 Å². The molecule has 0 N–H and O–H groups in total. The van der Waals surface area contributed by atoms with Gasteiger partial charge in [-0.3, -0.25) is 0 Å². The van der Waals surface area contributed by atoms with E-state index in [-0.39, 0.29) is 0 Å². The fraction of sp³-hybridized carbons (Fsp3) is 0.600. The zero-order chi connectivity index (χ0) is 17.1. The van der Waals surface area contributed by atoms with Crippen LogP contribution in [-0.4, -0.2) is 0 Å². The van der Waals surface area contributed by atoms with Crippen molar-refractivity contribution in [3.05, 3.63) is 48.1 Å². The Kier molecular flexibility index (Phi) is 31.5. The highest BCUT2D eigenvalue weighted by Gasteiger charge is 1.91. The number of hydrogen-bond acceptors (Lipinski definition) is 0. The molecule has 0 aromatic carbocycles. The summed E-state index contributed by atoms with van der Waals surface area (Å²) in [6.45, 7) is 28.2. The maximum atomic E-state index is 3.86. The van der Waals surface area contributed by atoms with Crippen LogP contribution < -0.4 is 0 Å². The van der Waals surface area contributed by atoms with Gasteiger partial charge in [0.1, 0.15) is 0 Å². The van der Waals surface area contributed by atoms with Crippen molar-refractivity contribution >= 4 is 0 Å². The summed E-state index contributed by atoms with van der Waals surface area (Å²) in [6, 6.07) is 0. The quantitative estimate of drug-likeness (QED) is 0.462. The monoisotopic (exact) mass is 280 g/mol. The van der Waals surface area contributed by atoms with E-state index in [1.54, 1.807) is 0 Å². The maximum absolute atomic E-state index is 3.86. The predicted molar refractivity (Wildman–Crippen MR) is 100 cm³/mol. The molecule has 0 saturated heterocycles. The molecule has 0 fully saturated rings. The van der Waals surface area contributed by atoms with Gasteiger partial charge in [-0.05, 0) is 33.1 Å². The fourth-order valence-electron chi connectivity index (χ4n) is 0.929. The minimum absolute atomic E-state index is 0.589. The van der Waals surface area contributed by atoms with Crippen molar-refractivity contribution in [1.82, 2.24) is 0 Å². The third kappa shape index (κ3) is 30.2. The molecule has 0 radical (unpaired) electrons. The molecule has 0 unspecified atom stereocenters. The average molecular weight is 281 g/mol. The number of hydrogen-bond donors (Lipinski definition) is 0. The van der Waals surface area contributed by atoms with Crippen molar-refractivity contribution in [3.63, 3.8) is 0 Å². The van der Waals surface area contributed by atoms with Gasteiger partial charge in [0.15, 0.2) is 0 Å². The van der Waals surface area contributed by atoms with E-state index in [2.05, 4.69) is 46.9 Å². The smallest absolute Gasteiger partial charge is 0.0225 e. The Morgan fingerprint density at radius 3 is 1.50 bits per heavy atom. The van der Waals surface area contributed by atoms with Crippen LogP contribution in [0.4, 0.5) is 0 Å². The maximum Gasteiger partial charge on any atom is -0.0225 e. The SMILES string of the molecule is C=C(/C=C/C)C(C)C.C=C(C)/C=C(/C)CC.CC.CC. The van der Waals surface area contributed by atoms with Crippen LogP contribution in [0.5, 0.6) is 0 Å². The second-order valence-corrected chi connectivity index (χ2v) is 4.42. The molecule has 0 aromatic heterocycles. The Bertz CT molecular complexity index is 262. The van der Waals surface area contributed by atoms with E-state index >= 15 is 0 Å². The Balaban J connectivity index is -0.000000102. The van der Waals surface area contributed by atoms with Gasteiger partial charge in [-0.2, -0.15) is 0 Å². The molecule has 0 rings (SSSR count). The van der Waals surface area contributed by atoms with Crippen LogP contribution in [0, 0.1) is 5.92 Å². The zero-order valence-electron chi connectivity index (χ0n) is 15.9. The first kappa shape index (κ1) is 27.3. The summed E-state index contributed by atoms with van der Waals surface area (Å²) in [4.78, 5) is 0. The second-order valence-electron chi connectivity index (χ2n) is 4.42. The van der Waals surface area contributed by atoms with Gasteiger partial charge in [0.05, 0.1) is 0 Å². The Morgan fingerprint density at radius 1 is 1.00 bits per heavy atom. The Hall–Kier alpha value is -1.04. The summed E-state index contributed by atoms with van der Waals surface area (Å²) < 4.78 is 0. The van der Waals surface area contributed by atoms with Crippen molar-refractivity contribution in [2.24, 2.45) is 5.92 Å². The molecule has 0 heteroatoms. The first-order valence-corrected chi connectivity index (χ1v) is 7.99. The van der Waals surface area contributed by atoms with E-state index in [1.165, 1.54) is 11.1 Å². The molecule has 0 heterocycles. The molecule has 0 aliphatic rings. The highest BCUT2D eigenvalue weighted by molar-refractivity contribution is 5.16. The van der Waals surface area contributed by atoms with Crippen LogP contribution in [0.3, 0.4) is 0 Å². The number of allylic oxidation sites excluding steroid dienone is 6. The highest BCUT2D eigenvalue weighted by atomic mass is 14.0. The molecule has 0 nitrogen and oxygen atoms in total. The van der Waals surface area contributed by atoms with Crippen LogP contribution in [0.2, 0.25) is 0 Å². The van der Waals surface area contributed by atoms with Crippen LogP contribution in [-0.2, 0) is 0 Å². The molecule has 0 aliphatic carbocycles. The fourth-order valence-corrected chi connectivity index (χ4v) is 0.929. The van der Waals surface area contributed by atoms with E-state index in [4.69, 9.17) is 0 Å². The molecular formula is C20H40. The molecule has 0 bridgehead atoms. The Labute approximate surface area is 130 Å². The highest BCUT2D eigenvalue weighted by Crippen LogP contribution is 2.06. The standard InChI is InChI=1S/2C8H14.2C2H6/c1-5-8(4)6-7(2)3;1-5-6-8(4)7(2)3;2*1-2/h6H,2,5H2,1,3-4H3;5-7H,4H2,1-3H3;2*1-2H3/b8-6-;6-5+;;. The normalized spacial score (nSPS) is 9.65. The lowest BCUT2D eigenvalue weighted by Gasteiger charge is -2.00. The number of rotatable bonds is 4. The molecule has 0 atom stereocenters. The molecule has 120 valence electrons. The molecule has 0 amide bonds. The van der Waals surface area contributed by atoms with Crippen molar-refractivity contribution in [1.29, 1.82) is 0 Å². The first-order valence-electron chi connectivity index (χ1n) is 7.99. The topological polar surface area (TPSA) is 0 Å². The van der Waals surface area contributed by atoms with E-state index < -0.39 is 0 Å². The average Bonchev–Trinajstić information content (AvgIpc) is 2.43. The largest absolute Gasteiger partial charge is 0.0961 e.